The van der Waals surface area contributed by atoms with Gasteiger partial charge in [-0.15, -0.1) is 0 Å². The normalized spacial score (nSPS) is 15.8. The molecule has 0 spiro atoms. The van der Waals surface area contributed by atoms with Crippen LogP contribution in [0.15, 0.2) is 28.1 Å². The van der Waals surface area contributed by atoms with Crippen LogP contribution < -0.4 is 16.4 Å². The predicted octanol–water partition coefficient (Wildman–Crippen LogP) is -0.813. The summed E-state index contributed by atoms with van der Waals surface area (Å²) in [6, 6.07) is 4.55. The molecule has 27 heavy (non-hydrogen) atoms. The summed E-state index contributed by atoms with van der Waals surface area (Å²) in [6.07, 6.45) is 1.13. The van der Waals surface area contributed by atoms with Crippen LogP contribution >= 0.6 is 0 Å². The Kier molecular flexibility index (Phi) is 6.79. The van der Waals surface area contributed by atoms with E-state index < -0.39 is 15.7 Å². The molecule has 1 aromatic carbocycles. The number of carbonyl (C=O) groups excluding carboxylic acids is 1. The zero-order valence-corrected chi connectivity index (χ0v) is 16.9. The molecule has 0 unspecified atom stereocenters. The number of amides is 1. The molecule has 10 heteroatoms. The topological polar surface area (TPSA) is 125 Å². The van der Waals surface area contributed by atoms with E-state index in [1.807, 2.05) is 19.0 Å². The summed E-state index contributed by atoms with van der Waals surface area (Å²) < 4.78 is 24.6. The lowest BCUT2D eigenvalue weighted by molar-refractivity contribution is 0.100. The number of likely N-dealkylation sites (N-methyl/N-ethyl adjacent to an activating group) is 1. The molecule has 9 nitrogen and oxygen atoms in total. The third-order valence-corrected chi connectivity index (χ3v) is 5.54. The quantitative estimate of drug-likeness (QED) is 0.472. The first kappa shape index (κ1) is 21.1. The Morgan fingerprint density at radius 2 is 1.81 bits per heavy atom. The van der Waals surface area contributed by atoms with Crippen LogP contribution in [0, 0.1) is 0 Å². The smallest absolute Gasteiger partial charge is 0.280 e. The highest BCUT2D eigenvalue weighted by Crippen LogP contribution is 2.28. The lowest BCUT2D eigenvalue weighted by Gasteiger charge is -2.37. The first-order chi connectivity index (χ1) is 12.6. The Labute approximate surface area is 160 Å². The van der Waals surface area contributed by atoms with Gasteiger partial charge in [-0.05, 0) is 32.3 Å². The maximum atomic E-state index is 12.3. The van der Waals surface area contributed by atoms with Crippen LogP contribution in [-0.2, 0) is 9.84 Å². The number of benzene rings is 1. The summed E-state index contributed by atoms with van der Waals surface area (Å²) in [7, 11) is 0.556. The number of sulfone groups is 1. The van der Waals surface area contributed by atoms with E-state index in [0.717, 1.165) is 45.5 Å². The van der Waals surface area contributed by atoms with E-state index in [2.05, 4.69) is 14.8 Å². The fourth-order valence-corrected chi connectivity index (χ4v) is 3.86. The van der Waals surface area contributed by atoms with Gasteiger partial charge in [0.2, 0.25) is 0 Å². The van der Waals surface area contributed by atoms with Gasteiger partial charge in [-0.2, -0.15) is 4.99 Å². The summed E-state index contributed by atoms with van der Waals surface area (Å²) in [6.45, 7) is 5.10. The van der Waals surface area contributed by atoms with Crippen LogP contribution in [0.25, 0.3) is 0 Å². The molecule has 0 aromatic heterocycles. The van der Waals surface area contributed by atoms with E-state index in [4.69, 9.17) is 11.5 Å². The van der Waals surface area contributed by atoms with Crippen molar-refractivity contribution < 1.29 is 13.2 Å². The molecule has 2 rings (SSSR count). The number of hydrogen-bond acceptors (Lipinski definition) is 6. The maximum Gasteiger partial charge on any atom is 0.280 e. The van der Waals surface area contributed by atoms with Crippen molar-refractivity contribution in [3.63, 3.8) is 0 Å². The summed E-state index contributed by atoms with van der Waals surface area (Å²) in [5.74, 6) is -1.03. The third-order valence-electron chi connectivity index (χ3n) is 4.41. The Balaban J connectivity index is 2.22. The van der Waals surface area contributed by atoms with Gasteiger partial charge in [-0.1, -0.05) is 0 Å². The fourth-order valence-electron chi connectivity index (χ4n) is 2.94. The highest BCUT2D eigenvalue weighted by Gasteiger charge is 2.24. The average molecular weight is 397 g/mol. The highest BCUT2D eigenvalue weighted by atomic mass is 32.2. The molecular formula is C17H28N6O3S. The second kappa shape index (κ2) is 8.68. The number of hydrogen-bond donors (Lipinski definition) is 2. The van der Waals surface area contributed by atoms with Crippen molar-refractivity contribution in [1.29, 1.82) is 0 Å². The fraction of sp³-hybridized carbons (Fsp3) is 0.529. The molecule has 1 heterocycles. The van der Waals surface area contributed by atoms with Crippen LogP contribution in [0.3, 0.4) is 0 Å². The van der Waals surface area contributed by atoms with Crippen molar-refractivity contribution in [2.45, 2.75) is 4.90 Å². The van der Waals surface area contributed by atoms with Gasteiger partial charge in [0, 0.05) is 51.1 Å². The van der Waals surface area contributed by atoms with Crippen LogP contribution in [0.2, 0.25) is 0 Å². The van der Waals surface area contributed by atoms with E-state index in [1.165, 1.54) is 6.07 Å². The molecule has 0 bridgehead atoms. The van der Waals surface area contributed by atoms with Gasteiger partial charge in [0.05, 0.1) is 10.6 Å². The van der Waals surface area contributed by atoms with Crippen molar-refractivity contribution >= 4 is 27.4 Å². The molecule has 0 radical (unpaired) electrons. The molecule has 150 valence electrons. The number of guanidine groups is 1. The van der Waals surface area contributed by atoms with Gasteiger partial charge in [0.25, 0.3) is 5.91 Å². The lowest BCUT2D eigenvalue weighted by Crippen LogP contribution is -2.48. The number of nitrogens with two attached hydrogens (primary N) is 2. The molecule has 0 aliphatic carbocycles. The monoisotopic (exact) mass is 396 g/mol. The van der Waals surface area contributed by atoms with Gasteiger partial charge < -0.3 is 21.3 Å². The zero-order valence-electron chi connectivity index (χ0n) is 16.1. The minimum atomic E-state index is -3.53. The molecule has 1 saturated heterocycles. The highest BCUT2D eigenvalue weighted by molar-refractivity contribution is 7.90. The molecule has 1 aliphatic rings. The number of rotatable bonds is 6. The Morgan fingerprint density at radius 3 is 2.33 bits per heavy atom. The summed E-state index contributed by atoms with van der Waals surface area (Å²) in [5.41, 5.74) is 11.2. The van der Waals surface area contributed by atoms with E-state index in [-0.39, 0.29) is 16.4 Å². The van der Waals surface area contributed by atoms with Crippen molar-refractivity contribution in [3.05, 3.63) is 23.8 Å². The minimum Gasteiger partial charge on any atom is -0.370 e. The van der Waals surface area contributed by atoms with Crippen molar-refractivity contribution in [1.82, 2.24) is 9.80 Å². The zero-order chi connectivity index (χ0) is 20.2. The Hall–Kier alpha value is -2.17. The summed E-state index contributed by atoms with van der Waals surface area (Å²) in [5, 5.41) is 0. The molecule has 1 fully saturated rings. The molecule has 1 amide bonds. The van der Waals surface area contributed by atoms with Crippen LogP contribution in [0.4, 0.5) is 5.69 Å². The van der Waals surface area contributed by atoms with Crippen LogP contribution in [0.5, 0.6) is 0 Å². The Bertz CT molecular complexity index is 810. The Morgan fingerprint density at radius 1 is 1.19 bits per heavy atom. The summed E-state index contributed by atoms with van der Waals surface area (Å²) in [4.78, 5) is 22.1. The number of carbonyl (C=O) groups is 1. The third kappa shape index (κ3) is 5.91. The minimum absolute atomic E-state index is 0.112. The average Bonchev–Trinajstić information content (AvgIpc) is 2.58. The predicted molar refractivity (Wildman–Crippen MR) is 107 cm³/mol. The molecule has 0 atom stereocenters. The SMILES string of the molecule is CN(C)CCN1CCN(c2ccc(C(=O)N=C(N)N)cc2S(C)(=O)=O)CC1. The van der Waals surface area contributed by atoms with Crippen LogP contribution in [-0.4, -0.2) is 89.7 Å². The standard InChI is InChI=1S/C17H28N6O3S/c1-21(2)6-7-22-8-10-23(11-9-22)14-5-4-13(16(24)20-17(18)19)12-15(14)27(3,25)26/h4-5,12H,6-11H2,1-3H3,(H4,18,19,20,24). The van der Waals surface area contributed by atoms with Crippen molar-refractivity contribution in [3.8, 4) is 0 Å². The van der Waals surface area contributed by atoms with Crippen LogP contribution in [0.1, 0.15) is 10.4 Å². The van der Waals surface area contributed by atoms with Crippen molar-refractivity contribution in [2.75, 3.05) is 64.5 Å². The second-order valence-corrected chi connectivity index (χ2v) is 8.91. The van der Waals surface area contributed by atoms with E-state index in [9.17, 15) is 13.2 Å². The second-order valence-electron chi connectivity index (χ2n) is 6.93. The number of anilines is 1. The summed E-state index contributed by atoms with van der Waals surface area (Å²) >= 11 is 0. The largest absolute Gasteiger partial charge is 0.370 e. The lowest BCUT2D eigenvalue weighted by atomic mass is 10.1. The molecule has 0 saturated carbocycles. The maximum absolute atomic E-state index is 12.3. The number of nitrogens with zero attached hydrogens (tertiary/aromatic N) is 4. The molecule has 1 aromatic rings. The number of aliphatic imine (C=N–C) groups is 1. The van der Waals surface area contributed by atoms with E-state index >= 15 is 0 Å². The molecule has 1 aliphatic heterocycles. The number of piperazine rings is 1. The molecule has 4 N–H and O–H groups in total. The first-order valence-electron chi connectivity index (χ1n) is 8.68. The van der Waals surface area contributed by atoms with Gasteiger partial charge in [0.15, 0.2) is 15.8 Å². The molecular weight excluding hydrogens is 368 g/mol. The van der Waals surface area contributed by atoms with Gasteiger partial charge in [0.1, 0.15) is 0 Å². The first-order valence-corrected chi connectivity index (χ1v) is 10.6. The van der Waals surface area contributed by atoms with E-state index in [0.29, 0.717) is 5.69 Å². The van der Waals surface area contributed by atoms with Gasteiger partial charge >= 0.3 is 0 Å². The van der Waals surface area contributed by atoms with Gasteiger partial charge in [-0.3, -0.25) is 9.69 Å². The van der Waals surface area contributed by atoms with Gasteiger partial charge in [-0.25, -0.2) is 8.42 Å². The van der Waals surface area contributed by atoms with E-state index in [1.54, 1.807) is 12.1 Å². The van der Waals surface area contributed by atoms with Crippen molar-refractivity contribution in [2.24, 2.45) is 16.5 Å².